The molecule has 0 bridgehead atoms. The van der Waals surface area contributed by atoms with Gasteiger partial charge in [-0.3, -0.25) is 4.79 Å². The van der Waals surface area contributed by atoms with Gasteiger partial charge in [-0.25, -0.2) is 12.7 Å². The molecule has 1 N–H and O–H groups in total. The number of hydrogen-bond donors (Lipinski definition) is 1. The Morgan fingerprint density at radius 2 is 2.06 bits per heavy atom. The summed E-state index contributed by atoms with van der Waals surface area (Å²) in [4.78, 5) is 10.4. The second kappa shape index (κ2) is 7.09. The molecular formula is C12H23NO4S. The van der Waals surface area contributed by atoms with Crippen molar-refractivity contribution in [3.63, 3.8) is 0 Å². The predicted octanol–water partition coefficient (Wildman–Crippen LogP) is 1.69. The summed E-state index contributed by atoms with van der Waals surface area (Å²) in [5.41, 5.74) is 0. The van der Waals surface area contributed by atoms with E-state index in [4.69, 9.17) is 5.11 Å². The van der Waals surface area contributed by atoms with Crippen molar-refractivity contribution in [2.24, 2.45) is 5.92 Å². The molecule has 0 saturated carbocycles. The molecule has 0 aromatic carbocycles. The first-order valence-electron chi connectivity index (χ1n) is 6.65. The molecule has 18 heavy (non-hydrogen) atoms. The Kier molecular flexibility index (Phi) is 6.08. The minimum atomic E-state index is -3.26. The third-order valence-electron chi connectivity index (χ3n) is 3.57. The maximum atomic E-state index is 12.0. The molecule has 1 heterocycles. The van der Waals surface area contributed by atoms with Crippen molar-refractivity contribution < 1.29 is 18.3 Å². The Labute approximate surface area is 109 Å². The van der Waals surface area contributed by atoms with Crippen LogP contribution in [0.4, 0.5) is 0 Å². The summed E-state index contributed by atoms with van der Waals surface area (Å²) >= 11 is 0. The summed E-state index contributed by atoms with van der Waals surface area (Å²) < 4.78 is 25.6. The van der Waals surface area contributed by atoms with Crippen molar-refractivity contribution in [2.75, 3.05) is 18.8 Å². The van der Waals surface area contributed by atoms with E-state index in [1.807, 2.05) is 0 Å². The lowest BCUT2D eigenvalue weighted by Crippen LogP contribution is -2.34. The number of nitrogens with zero attached hydrogens (tertiary/aromatic N) is 1. The zero-order valence-electron chi connectivity index (χ0n) is 11.0. The SMILES string of the molecule is CCC1CCCN(S(=O)(=O)CCCC(=O)O)CC1. The van der Waals surface area contributed by atoms with Crippen molar-refractivity contribution in [3.8, 4) is 0 Å². The highest BCUT2D eigenvalue weighted by Crippen LogP contribution is 2.22. The monoisotopic (exact) mass is 277 g/mol. The molecule has 0 aromatic heterocycles. The van der Waals surface area contributed by atoms with E-state index in [-0.39, 0.29) is 18.6 Å². The van der Waals surface area contributed by atoms with Crippen LogP contribution in [0.2, 0.25) is 0 Å². The van der Waals surface area contributed by atoms with E-state index in [1.165, 1.54) is 0 Å². The molecule has 1 rings (SSSR count). The summed E-state index contributed by atoms with van der Waals surface area (Å²) in [5, 5.41) is 8.52. The van der Waals surface area contributed by atoms with E-state index in [1.54, 1.807) is 4.31 Å². The molecule has 1 aliphatic heterocycles. The van der Waals surface area contributed by atoms with Crippen molar-refractivity contribution in [1.82, 2.24) is 4.31 Å². The first-order valence-corrected chi connectivity index (χ1v) is 8.26. The smallest absolute Gasteiger partial charge is 0.303 e. The highest BCUT2D eigenvalue weighted by Gasteiger charge is 2.25. The zero-order valence-corrected chi connectivity index (χ0v) is 11.8. The molecule has 1 saturated heterocycles. The van der Waals surface area contributed by atoms with Crippen LogP contribution in [-0.4, -0.2) is 42.6 Å². The standard InChI is InChI=1S/C12H23NO4S/c1-2-11-5-3-8-13(9-7-11)18(16,17)10-4-6-12(14)15/h11H,2-10H2,1H3,(H,14,15). The average Bonchev–Trinajstić information content (AvgIpc) is 2.53. The molecule has 5 nitrogen and oxygen atoms in total. The summed E-state index contributed by atoms with van der Waals surface area (Å²) in [7, 11) is -3.26. The van der Waals surface area contributed by atoms with Gasteiger partial charge in [0, 0.05) is 19.5 Å². The first kappa shape index (κ1) is 15.4. The van der Waals surface area contributed by atoms with Gasteiger partial charge in [0.05, 0.1) is 5.75 Å². The lowest BCUT2D eigenvalue weighted by Gasteiger charge is -2.19. The normalized spacial score (nSPS) is 22.6. The molecule has 1 aliphatic rings. The van der Waals surface area contributed by atoms with Crippen LogP contribution in [0.1, 0.15) is 45.4 Å². The Morgan fingerprint density at radius 3 is 2.67 bits per heavy atom. The van der Waals surface area contributed by atoms with Gasteiger partial charge in [0.1, 0.15) is 0 Å². The molecule has 0 amide bonds. The number of aliphatic carboxylic acids is 1. The van der Waals surface area contributed by atoms with Gasteiger partial charge < -0.3 is 5.11 Å². The third-order valence-corrected chi connectivity index (χ3v) is 5.53. The van der Waals surface area contributed by atoms with Crippen LogP contribution in [0.25, 0.3) is 0 Å². The van der Waals surface area contributed by atoms with Gasteiger partial charge >= 0.3 is 5.97 Å². The maximum absolute atomic E-state index is 12.0. The maximum Gasteiger partial charge on any atom is 0.303 e. The van der Waals surface area contributed by atoms with Gasteiger partial charge in [-0.05, 0) is 31.6 Å². The fraction of sp³-hybridized carbons (Fsp3) is 0.917. The van der Waals surface area contributed by atoms with E-state index in [0.717, 1.165) is 25.7 Å². The van der Waals surface area contributed by atoms with Crippen LogP contribution in [0.5, 0.6) is 0 Å². The lowest BCUT2D eigenvalue weighted by molar-refractivity contribution is -0.137. The van der Waals surface area contributed by atoms with Crippen LogP contribution < -0.4 is 0 Å². The third kappa shape index (κ3) is 4.94. The van der Waals surface area contributed by atoms with E-state index < -0.39 is 16.0 Å². The summed E-state index contributed by atoms with van der Waals surface area (Å²) in [5.74, 6) is -0.354. The fourth-order valence-corrected chi connectivity index (χ4v) is 3.92. The van der Waals surface area contributed by atoms with Gasteiger partial charge in [0.15, 0.2) is 0 Å². The number of carboxylic acids is 1. The quantitative estimate of drug-likeness (QED) is 0.801. The van der Waals surface area contributed by atoms with Crippen LogP contribution in [0.3, 0.4) is 0 Å². The van der Waals surface area contributed by atoms with Gasteiger partial charge in [-0.1, -0.05) is 13.3 Å². The number of carboxylic acid groups (broad SMARTS) is 1. The van der Waals surface area contributed by atoms with E-state index >= 15 is 0 Å². The summed E-state index contributed by atoms with van der Waals surface area (Å²) in [6.07, 6.45) is 4.16. The molecule has 0 spiro atoms. The fourth-order valence-electron chi connectivity index (χ4n) is 2.36. The molecule has 1 atom stereocenters. The Balaban J connectivity index is 2.48. The van der Waals surface area contributed by atoms with Crippen molar-refractivity contribution >= 4 is 16.0 Å². The predicted molar refractivity (Wildman–Crippen MR) is 69.9 cm³/mol. The Hall–Kier alpha value is -0.620. The summed E-state index contributed by atoms with van der Waals surface area (Å²) in [6.45, 7) is 3.32. The number of sulfonamides is 1. The topological polar surface area (TPSA) is 74.7 Å². The van der Waals surface area contributed by atoms with E-state index in [0.29, 0.717) is 19.0 Å². The minimum Gasteiger partial charge on any atom is -0.481 e. The van der Waals surface area contributed by atoms with Crippen molar-refractivity contribution in [1.29, 1.82) is 0 Å². The zero-order chi connectivity index (χ0) is 13.6. The van der Waals surface area contributed by atoms with Crippen LogP contribution in [-0.2, 0) is 14.8 Å². The molecule has 0 radical (unpaired) electrons. The van der Waals surface area contributed by atoms with Gasteiger partial charge in [-0.2, -0.15) is 0 Å². The Morgan fingerprint density at radius 1 is 1.33 bits per heavy atom. The van der Waals surface area contributed by atoms with Crippen LogP contribution in [0.15, 0.2) is 0 Å². The van der Waals surface area contributed by atoms with E-state index in [2.05, 4.69) is 6.92 Å². The lowest BCUT2D eigenvalue weighted by atomic mass is 9.98. The van der Waals surface area contributed by atoms with Gasteiger partial charge in [-0.15, -0.1) is 0 Å². The largest absolute Gasteiger partial charge is 0.481 e. The molecule has 1 unspecified atom stereocenters. The van der Waals surface area contributed by atoms with Crippen LogP contribution >= 0.6 is 0 Å². The first-order chi connectivity index (χ1) is 8.45. The second-order valence-corrected chi connectivity index (χ2v) is 7.01. The van der Waals surface area contributed by atoms with Crippen molar-refractivity contribution in [2.45, 2.75) is 45.4 Å². The average molecular weight is 277 g/mol. The number of rotatable bonds is 6. The molecule has 1 fully saturated rings. The molecular weight excluding hydrogens is 254 g/mol. The minimum absolute atomic E-state index is 0.0455. The molecule has 6 heteroatoms. The van der Waals surface area contributed by atoms with E-state index in [9.17, 15) is 13.2 Å². The summed E-state index contributed by atoms with van der Waals surface area (Å²) in [6, 6.07) is 0. The van der Waals surface area contributed by atoms with Crippen LogP contribution in [0, 0.1) is 5.92 Å². The highest BCUT2D eigenvalue weighted by atomic mass is 32.2. The molecule has 0 aromatic rings. The number of hydrogen-bond acceptors (Lipinski definition) is 3. The van der Waals surface area contributed by atoms with Gasteiger partial charge in [0.2, 0.25) is 10.0 Å². The van der Waals surface area contributed by atoms with Crippen molar-refractivity contribution in [3.05, 3.63) is 0 Å². The Bertz CT molecular complexity index is 366. The van der Waals surface area contributed by atoms with Gasteiger partial charge in [0.25, 0.3) is 0 Å². The second-order valence-electron chi connectivity index (χ2n) is 4.92. The molecule has 106 valence electrons. The molecule has 0 aliphatic carbocycles. The number of carbonyl (C=O) groups is 1. The highest BCUT2D eigenvalue weighted by molar-refractivity contribution is 7.89.